The van der Waals surface area contributed by atoms with Crippen molar-refractivity contribution in [3.63, 3.8) is 0 Å². The Hall–Kier alpha value is -3.27. The summed E-state index contributed by atoms with van der Waals surface area (Å²) in [7, 11) is -1.97. The summed E-state index contributed by atoms with van der Waals surface area (Å²) >= 11 is 0. The van der Waals surface area contributed by atoms with Gasteiger partial charge >= 0.3 is 0 Å². The second-order valence-corrected chi connectivity index (χ2v) is 9.65. The molecule has 0 aliphatic heterocycles. The summed E-state index contributed by atoms with van der Waals surface area (Å²) in [5.74, 6) is 1.72. The molecule has 0 radical (unpaired) electrons. The minimum atomic E-state index is -3.57. The Labute approximate surface area is 201 Å². The van der Waals surface area contributed by atoms with Crippen LogP contribution < -0.4 is 0 Å². The maximum Gasteiger partial charge on any atom is 0.243 e. The Balaban J connectivity index is 0.00000158. The van der Waals surface area contributed by atoms with Gasteiger partial charge in [0.2, 0.25) is 10.0 Å². The lowest BCUT2D eigenvalue weighted by Crippen LogP contribution is -2.26. The predicted molar refractivity (Wildman–Crippen MR) is 133 cm³/mol. The van der Waals surface area contributed by atoms with Gasteiger partial charge in [0.1, 0.15) is 11.6 Å². The average Bonchev–Trinajstić information content (AvgIpc) is 3.56. The third-order valence-corrected chi connectivity index (χ3v) is 6.96. The Morgan fingerprint density at radius 2 is 1.26 bits per heavy atom. The summed E-state index contributed by atoms with van der Waals surface area (Å²) in [5.41, 5.74) is 1.95. The normalized spacial score (nSPS) is 11.4. The summed E-state index contributed by atoms with van der Waals surface area (Å²) in [4.78, 5) is 17.3. The van der Waals surface area contributed by atoms with E-state index in [9.17, 15) is 8.42 Å². The zero-order valence-electron chi connectivity index (χ0n) is 19.8. The van der Waals surface area contributed by atoms with Gasteiger partial charge in [-0.3, -0.25) is 4.90 Å². The number of hydrogen-bond acceptors (Lipinski definition) is 5. The van der Waals surface area contributed by atoms with E-state index >= 15 is 0 Å². The van der Waals surface area contributed by atoms with E-state index in [4.69, 9.17) is 0 Å². The minimum absolute atomic E-state index is 0.281. The largest absolute Gasteiger partial charge is 0.348 e. The minimum Gasteiger partial charge on any atom is -0.348 e. The number of sulfonamides is 1. The van der Waals surface area contributed by atoms with Gasteiger partial charge in [0.25, 0.3) is 0 Å². The van der Waals surface area contributed by atoms with Crippen LogP contribution in [0.15, 0.2) is 84.3 Å². The lowest BCUT2D eigenvalue weighted by Gasteiger charge is -2.21. The molecule has 0 saturated carbocycles. The lowest BCUT2D eigenvalue weighted by atomic mass is 10.2. The van der Waals surface area contributed by atoms with E-state index in [1.807, 2.05) is 56.3 Å². The molecule has 0 amide bonds. The van der Waals surface area contributed by atoms with E-state index in [-0.39, 0.29) is 4.90 Å². The summed E-state index contributed by atoms with van der Waals surface area (Å²) in [6.07, 6.45) is 7.05. The van der Waals surface area contributed by atoms with E-state index in [0.29, 0.717) is 26.2 Å². The monoisotopic (exact) mass is 480 g/mol. The lowest BCUT2D eigenvalue weighted by molar-refractivity contribution is 0.236. The van der Waals surface area contributed by atoms with Crippen LogP contribution in [-0.4, -0.2) is 44.6 Å². The van der Waals surface area contributed by atoms with Crippen LogP contribution >= 0.6 is 0 Å². The molecule has 0 aliphatic carbocycles. The number of imidazole rings is 2. The number of hydrogen-bond donors (Lipinski definition) is 2. The van der Waals surface area contributed by atoms with Crippen molar-refractivity contribution in [1.82, 2.24) is 29.1 Å². The van der Waals surface area contributed by atoms with Crippen molar-refractivity contribution in [2.75, 3.05) is 7.05 Å². The van der Waals surface area contributed by atoms with Crippen molar-refractivity contribution >= 4 is 10.0 Å². The van der Waals surface area contributed by atoms with Crippen LogP contribution in [0, 0.1) is 0 Å². The van der Waals surface area contributed by atoms with E-state index in [0.717, 1.165) is 22.8 Å². The smallest absolute Gasteiger partial charge is 0.243 e. The third kappa shape index (κ3) is 6.86. The van der Waals surface area contributed by atoms with Gasteiger partial charge < -0.3 is 9.97 Å². The molecule has 0 bridgehead atoms. The Morgan fingerprint density at radius 1 is 0.735 bits per heavy atom. The maximum absolute atomic E-state index is 13.0. The molecule has 0 unspecified atom stereocenters. The quantitative estimate of drug-likeness (QED) is 0.355. The molecule has 0 saturated heterocycles. The highest BCUT2D eigenvalue weighted by atomic mass is 32.2. The zero-order chi connectivity index (χ0) is 24.4. The van der Waals surface area contributed by atoms with E-state index in [1.54, 1.807) is 44.0 Å². The highest BCUT2D eigenvalue weighted by Crippen LogP contribution is 2.19. The maximum atomic E-state index is 13.0. The van der Waals surface area contributed by atoms with Gasteiger partial charge in [-0.2, -0.15) is 4.31 Å². The number of nitrogens with zero attached hydrogens (tertiary/aromatic N) is 4. The third-order valence-electron chi connectivity index (χ3n) is 5.14. The van der Waals surface area contributed by atoms with Gasteiger partial charge in [0, 0.05) is 44.9 Å². The van der Waals surface area contributed by atoms with Crippen LogP contribution in [0.5, 0.6) is 0 Å². The first-order valence-corrected chi connectivity index (χ1v) is 12.7. The number of nitrogens with one attached hydrogen (secondary N) is 2. The molecule has 2 N–H and O–H groups in total. The van der Waals surface area contributed by atoms with Crippen LogP contribution in [0.3, 0.4) is 0 Å². The van der Waals surface area contributed by atoms with E-state index in [2.05, 4.69) is 24.8 Å². The first-order chi connectivity index (χ1) is 16.5. The second kappa shape index (κ2) is 12.3. The van der Waals surface area contributed by atoms with E-state index in [1.165, 1.54) is 4.31 Å². The predicted octanol–water partition coefficient (Wildman–Crippen LogP) is 4.18. The molecule has 2 aromatic heterocycles. The van der Waals surface area contributed by atoms with Crippen LogP contribution in [0.4, 0.5) is 0 Å². The van der Waals surface area contributed by atoms with Crippen molar-refractivity contribution in [2.45, 2.75) is 44.9 Å². The van der Waals surface area contributed by atoms with E-state index < -0.39 is 10.0 Å². The zero-order valence-corrected chi connectivity index (χ0v) is 20.7. The van der Waals surface area contributed by atoms with Crippen molar-refractivity contribution in [2.24, 2.45) is 0 Å². The molecule has 0 aliphatic rings. The van der Waals surface area contributed by atoms with Crippen molar-refractivity contribution in [3.8, 4) is 0 Å². The summed E-state index contributed by atoms with van der Waals surface area (Å²) in [6.45, 7) is 6.19. The average molecular weight is 481 g/mol. The van der Waals surface area contributed by atoms with Crippen molar-refractivity contribution < 1.29 is 8.42 Å². The number of aromatic amines is 2. The topological polar surface area (TPSA) is 98.0 Å². The van der Waals surface area contributed by atoms with Gasteiger partial charge in [-0.25, -0.2) is 18.4 Å². The molecule has 0 atom stereocenters. The molecule has 0 fully saturated rings. The van der Waals surface area contributed by atoms with Crippen LogP contribution in [-0.2, 0) is 36.2 Å². The summed E-state index contributed by atoms with van der Waals surface area (Å²) < 4.78 is 27.3. The summed E-state index contributed by atoms with van der Waals surface area (Å²) in [5, 5.41) is 0. The van der Waals surface area contributed by atoms with Gasteiger partial charge in [-0.1, -0.05) is 56.3 Å². The summed E-state index contributed by atoms with van der Waals surface area (Å²) in [6, 6.07) is 16.6. The number of H-pyrrole nitrogens is 2. The van der Waals surface area contributed by atoms with Crippen LogP contribution in [0.25, 0.3) is 0 Å². The highest BCUT2D eigenvalue weighted by molar-refractivity contribution is 7.89. The fourth-order valence-corrected chi connectivity index (χ4v) is 4.65. The van der Waals surface area contributed by atoms with Crippen molar-refractivity contribution in [3.05, 3.63) is 102 Å². The second-order valence-electron chi connectivity index (χ2n) is 7.61. The first-order valence-electron chi connectivity index (χ1n) is 11.3. The SMILES string of the molecule is CC.CN(Cc1ccccc1)S(=O)(=O)c1ccc(CN(Cc2ncc[nH]2)Cc2ncc[nH]2)cc1. The standard InChI is InChI=1S/C23H26N6O2S.C2H6/c1-28(15-19-5-3-2-4-6-19)32(30,31)21-9-7-20(8-10-21)16-29(17-22-24-11-12-25-22)18-23-26-13-14-27-23;1-2/h2-14H,15-18H2,1H3,(H,24,25)(H,26,27);1-2H3. The Morgan fingerprint density at radius 3 is 1.76 bits per heavy atom. The molecule has 0 spiro atoms. The van der Waals surface area contributed by atoms with Gasteiger partial charge in [0.15, 0.2) is 0 Å². The van der Waals surface area contributed by atoms with Gasteiger partial charge in [0.05, 0.1) is 18.0 Å². The molecule has 2 heterocycles. The molecule has 2 aromatic carbocycles. The first kappa shape index (κ1) is 25.4. The fraction of sp³-hybridized carbons (Fsp3) is 0.280. The molecular weight excluding hydrogens is 448 g/mol. The molecular formula is C25H32N6O2S. The molecule has 4 rings (SSSR count). The number of rotatable bonds is 10. The van der Waals surface area contributed by atoms with Crippen LogP contribution in [0.1, 0.15) is 36.6 Å². The van der Waals surface area contributed by atoms with Crippen LogP contribution in [0.2, 0.25) is 0 Å². The molecule has 180 valence electrons. The number of aromatic nitrogens is 4. The molecule has 9 heteroatoms. The highest BCUT2D eigenvalue weighted by Gasteiger charge is 2.21. The fourth-order valence-electron chi connectivity index (χ4n) is 3.49. The molecule has 34 heavy (non-hydrogen) atoms. The Kier molecular flexibility index (Phi) is 9.15. The number of benzene rings is 2. The van der Waals surface area contributed by atoms with Gasteiger partial charge in [-0.15, -0.1) is 0 Å². The molecule has 4 aromatic rings. The van der Waals surface area contributed by atoms with Crippen molar-refractivity contribution in [1.29, 1.82) is 0 Å². The van der Waals surface area contributed by atoms with Gasteiger partial charge in [-0.05, 0) is 23.3 Å². The molecule has 8 nitrogen and oxygen atoms in total. The Bertz CT molecular complexity index is 1160.